The fourth-order valence-electron chi connectivity index (χ4n) is 3.01. The molecule has 0 N–H and O–H groups in total. The van der Waals surface area contributed by atoms with E-state index in [4.69, 9.17) is 0 Å². The van der Waals surface area contributed by atoms with Gasteiger partial charge in [0.15, 0.2) is 0 Å². The molecule has 0 amide bonds. The van der Waals surface area contributed by atoms with Gasteiger partial charge in [-0.05, 0) is 39.7 Å². The lowest BCUT2D eigenvalue weighted by Crippen LogP contribution is -1.92. The van der Waals surface area contributed by atoms with E-state index in [1.807, 2.05) is 13.8 Å². The van der Waals surface area contributed by atoms with E-state index in [1.54, 1.807) is 0 Å². The van der Waals surface area contributed by atoms with Gasteiger partial charge in [-0.25, -0.2) is 0 Å². The van der Waals surface area contributed by atoms with E-state index in [2.05, 4.69) is 84.5 Å². The molecule has 0 unspecified atom stereocenters. The molecule has 3 aromatic carbocycles. The van der Waals surface area contributed by atoms with E-state index in [9.17, 15) is 0 Å². The summed E-state index contributed by atoms with van der Waals surface area (Å²) in [6, 6.07) is 23.8. The smallest absolute Gasteiger partial charge is 0.0490 e. The molecule has 22 heavy (non-hydrogen) atoms. The normalized spacial score (nSPS) is 10.5. The number of fused-ring (bicyclic) bond motifs is 2. The van der Waals surface area contributed by atoms with Crippen molar-refractivity contribution in [1.82, 2.24) is 4.57 Å². The number of hydrogen-bond donors (Lipinski definition) is 0. The lowest BCUT2D eigenvalue weighted by Gasteiger charge is -2.12. The van der Waals surface area contributed by atoms with Crippen LogP contribution in [0.2, 0.25) is 0 Å². The topological polar surface area (TPSA) is 4.93 Å². The van der Waals surface area contributed by atoms with E-state index < -0.39 is 0 Å². The quantitative estimate of drug-likeness (QED) is 0.377. The second-order valence-electron chi connectivity index (χ2n) is 5.20. The van der Waals surface area contributed by atoms with Crippen LogP contribution in [0.4, 0.5) is 0 Å². The van der Waals surface area contributed by atoms with Gasteiger partial charge in [0, 0.05) is 24.5 Å². The highest BCUT2D eigenvalue weighted by molar-refractivity contribution is 6.12. The summed E-state index contributed by atoms with van der Waals surface area (Å²) >= 11 is 0. The number of nitrogens with zero attached hydrogens (tertiary/aromatic N) is 1. The maximum absolute atomic E-state index is 2.27. The Bertz CT molecular complexity index is 861. The zero-order valence-corrected chi connectivity index (χ0v) is 13.4. The third-order valence-corrected chi connectivity index (χ3v) is 3.97. The fraction of sp³-hybridized carbons (Fsp3) is 0.143. The van der Waals surface area contributed by atoms with Crippen molar-refractivity contribution in [2.45, 2.75) is 13.8 Å². The molecule has 0 saturated carbocycles. The van der Waals surface area contributed by atoms with Crippen molar-refractivity contribution >= 4 is 21.5 Å². The first kappa shape index (κ1) is 14.4. The molecule has 0 aliphatic heterocycles. The molecule has 4 rings (SSSR count). The zero-order chi connectivity index (χ0) is 15.5. The Morgan fingerprint density at radius 3 is 1.73 bits per heavy atom. The van der Waals surface area contributed by atoms with Gasteiger partial charge in [-0.3, -0.25) is 0 Å². The van der Waals surface area contributed by atoms with Crippen molar-refractivity contribution in [3.8, 4) is 11.3 Å². The van der Waals surface area contributed by atoms with Crippen molar-refractivity contribution < 1.29 is 0 Å². The Labute approximate surface area is 131 Å². The Morgan fingerprint density at radius 1 is 0.682 bits per heavy atom. The van der Waals surface area contributed by atoms with Crippen LogP contribution in [0.15, 0.2) is 72.9 Å². The average molecular weight is 287 g/mol. The largest absolute Gasteiger partial charge is 0.351 e. The minimum Gasteiger partial charge on any atom is -0.351 e. The van der Waals surface area contributed by atoms with Crippen molar-refractivity contribution in [3.05, 3.63) is 72.9 Å². The maximum Gasteiger partial charge on any atom is 0.0490 e. The van der Waals surface area contributed by atoms with Crippen molar-refractivity contribution in [2.24, 2.45) is 7.05 Å². The molecule has 0 aliphatic carbocycles. The molecule has 0 radical (unpaired) electrons. The first-order chi connectivity index (χ1) is 10.8. The maximum atomic E-state index is 2.27. The van der Waals surface area contributed by atoms with Gasteiger partial charge in [-0.2, -0.15) is 0 Å². The highest BCUT2D eigenvalue weighted by Gasteiger charge is 2.11. The first-order valence-corrected chi connectivity index (χ1v) is 7.87. The molecule has 4 aromatic rings. The van der Waals surface area contributed by atoms with Gasteiger partial charge in [0.2, 0.25) is 0 Å². The molecule has 0 spiro atoms. The SMILES string of the molecule is CC.Cn1cccc1-c1c2ccccc2cc2ccccc12. The molecule has 0 bridgehead atoms. The standard InChI is InChI=1S/C19H15N.C2H6/c1-20-12-6-11-18(20)19-16-9-4-2-7-14(16)13-15-8-3-5-10-17(15)19;1-2/h2-13H,1H3;1-2H3. The van der Waals surface area contributed by atoms with E-state index in [1.165, 1.54) is 32.8 Å². The van der Waals surface area contributed by atoms with Gasteiger partial charge in [-0.15, -0.1) is 0 Å². The minimum atomic E-state index is 1.26. The van der Waals surface area contributed by atoms with Crippen molar-refractivity contribution in [3.63, 3.8) is 0 Å². The van der Waals surface area contributed by atoms with Gasteiger partial charge in [-0.1, -0.05) is 62.4 Å². The van der Waals surface area contributed by atoms with Crippen molar-refractivity contribution in [1.29, 1.82) is 0 Å². The molecule has 110 valence electrons. The van der Waals surface area contributed by atoms with Crippen LogP contribution in [0.3, 0.4) is 0 Å². The number of benzene rings is 3. The molecule has 1 heterocycles. The molecule has 0 saturated heterocycles. The molecule has 0 fully saturated rings. The van der Waals surface area contributed by atoms with Gasteiger partial charge in [0.25, 0.3) is 0 Å². The van der Waals surface area contributed by atoms with Crippen LogP contribution >= 0.6 is 0 Å². The van der Waals surface area contributed by atoms with Crippen LogP contribution in [0.25, 0.3) is 32.8 Å². The summed E-state index contributed by atoms with van der Waals surface area (Å²) in [5.74, 6) is 0. The summed E-state index contributed by atoms with van der Waals surface area (Å²) in [6.07, 6.45) is 2.10. The zero-order valence-electron chi connectivity index (χ0n) is 13.4. The molecule has 0 aliphatic rings. The Morgan fingerprint density at radius 2 is 1.23 bits per heavy atom. The summed E-state index contributed by atoms with van der Waals surface area (Å²) < 4.78 is 2.19. The van der Waals surface area contributed by atoms with Crippen LogP contribution in [-0.4, -0.2) is 4.57 Å². The van der Waals surface area contributed by atoms with E-state index >= 15 is 0 Å². The number of hydrogen-bond acceptors (Lipinski definition) is 0. The van der Waals surface area contributed by atoms with Crippen LogP contribution < -0.4 is 0 Å². The molecule has 1 aromatic heterocycles. The Balaban J connectivity index is 0.000000693. The number of aromatic nitrogens is 1. The van der Waals surface area contributed by atoms with Gasteiger partial charge in [0.1, 0.15) is 0 Å². The monoisotopic (exact) mass is 287 g/mol. The average Bonchev–Trinajstić information content (AvgIpc) is 3.00. The molecule has 1 heteroatoms. The second kappa shape index (κ2) is 6.07. The van der Waals surface area contributed by atoms with Crippen molar-refractivity contribution in [2.75, 3.05) is 0 Å². The lowest BCUT2D eigenvalue weighted by molar-refractivity contribution is 0.939. The van der Waals surface area contributed by atoms with Gasteiger partial charge >= 0.3 is 0 Å². The van der Waals surface area contributed by atoms with E-state index in [0.717, 1.165) is 0 Å². The third kappa shape index (κ3) is 2.29. The second-order valence-corrected chi connectivity index (χ2v) is 5.20. The van der Waals surface area contributed by atoms with Gasteiger partial charge < -0.3 is 4.57 Å². The number of rotatable bonds is 1. The van der Waals surface area contributed by atoms with Crippen LogP contribution in [0.1, 0.15) is 13.8 Å². The van der Waals surface area contributed by atoms with Crippen LogP contribution in [0.5, 0.6) is 0 Å². The molecular weight excluding hydrogens is 266 g/mol. The van der Waals surface area contributed by atoms with E-state index in [0.29, 0.717) is 0 Å². The lowest BCUT2D eigenvalue weighted by atomic mass is 9.95. The highest BCUT2D eigenvalue weighted by atomic mass is 14.9. The molecule has 1 nitrogen and oxygen atoms in total. The fourth-order valence-corrected chi connectivity index (χ4v) is 3.01. The van der Waals surface area contributed by atoms with E-state index in [-0.39, 0.29) is 0 Å². The summed E-state index contributed by atoms with van der Waals surface area (Å²) in [7, 11) is 2.10. The number of aryl methyl sites for hydroxylation is 1. The minimum absolute atomic E-state index is 1.26. The summed E-state index contributed by atoms with van der Waals surface area (Å²) in [6.45, 7) is 4.00. The highest BCUT2D eigenvalue weighted by Crippen LogP contribution is 2.36. The molecular formula is C21H21N. The molecule has 0 atom stereocenters. The first-order valence-electron chi connectivity index (χ1n) is 7.87. The summed E-state index contributed by atoms with van der Waals surface area (Å²) in [5.41, 5.74) is 2.59. The Kier molecular flexibility index (Phi) is 3.97. The van der Waals surface area contributed by atoms with Gasteiger partial charge in [0.05, 0.1) is 0 Å². The van der Waals surface area contributed by atoms with Crippen LogP contribution in [0, 0.1) is 0 Å². The predicted molar refractivity (Wildman–Crippen MR) is 97.2 cm³/mol. The summed E-state index contributed by atoms with van der Waals surface area (Å²) in [5, 5.41) is 5.21. The predicted octanol–water partition coefficient (Wildman–Crippen LogP) is 6.02. The third-order valence-electron chi connectivity index (χ3n) is 3.97. The van der Waals surface area contributed by atoms with Crippen LogP contribution in [-0.2, 0) is 7.05 Å². The summed E-state index contributed by atoms with van der Waals surface area (Å²) in [4.78, 5) is 0. The Hall–Kier alpha value is -2.54.